The highest BCUT2D eigenvalue weighted by atomic mass is 19.4. The monoisotopic (exact) mass is 358 g/mol. The van der Waals surface area contributed by atoms with Gasteiger partial charge in [-0.15, -0.1) is 0 Å². The number of carboxylic acid groups (broad SMARTS) is 1. The fourth-order valence-corrected chi connectivity index (χ4v) is 2.17. The van der Waals surface area contributed by atoms with Gasteiger partial charge in [0.2, 0.25) is 5.76 Å². The first-order chi connectivity index (χ1) is 11.8. The molecule has 1 atom stereocenters. The van der Waals surface area contributed by atoms with E-state index in [0.29, 0.717) is 17.9 Å². The molecular formula is C17H17F3O5. The van der Waals surface area contributed by atoms with E-state index >= 15 is 0 Å². The second kappa shape index (κ2) is 8.06. The smallest absolute Gasteiger partial charge is 0.449 e. The summed E-state index contributed by atoms with van der Waals surface area (Å²) < 4.78 is 52.8. The molecule has 0 saturated heterocycles. The van der Waals surface area contributed by atoms with Crippen LogP contribution in [0.4, 0.5) is 13.2 Å². The number of hydrogen-bond acceptors (Lipinski definition) is 4. The Labute approximate surface area is 142 Å². The van der Waals surface area contributed by atoms with E-state index in [1.165, 1.54) is 6.07 Å². The molecule has 0 saturated carbocycles. The van der Waals surface area contributed by atoms with Gasteiger partial charge in [-0.05, 0) is 36.8 Å². The second-order valence-electron chi connectivity index (χ2n) is 5.16. The molecule has 0 fully saturated rings. The van der Waals surface area contributed by atoms with Crippen molar-refractivity contribution in [3.63, 3.8) is 0 Å². The summed E-state index contributed by atoms with van der Waals surface area (Å²) in [6.07, 6.45) is -5.27. The van der Waals surface area contributed by atoms with Crippen LogP contribution in [0.3, 0.4) is 0 Å². The van der Waals surface area contributed by atoms with Crippen LogP contribution in [0.5, 0.6) is 5.75 Å². The van der Waals surface area contributed by atoms with Crippen molar-refractivity contribution >= 4 is 5.97 Å². The summed E-state index contributed by atoms with van der Waals surface area (Å²) >= 11 is 0. The van der Waals surface area contributed by atoms with Gasteiger partial charge in [0.05, 0.1) is 12.5 Å². The van der Waals surface area contributed by atoms with Crippen molar-refractivity contribution in [1.29, 1.82) is 0 Å². The first-order valence-electron chi connectivity index (χ1n) is 7.51. The Kier molecular flexibility index (Phi) is 6.08. The van der Waals surface area contributed by atoms with Gasteiger partial charge in [-0.25, -0.2) is 0 Å². The second-order valence-corrected chi connectivity index (χ2v) is 5.16. The number of alkyl halides is 3. The van der Waals surface area contributed by atoms with E-state index in [1.54, 1.807) is 31.2 Å². The van der Waals surface area contributed by atoms with Crippen LogP contribution in [0, 0.1) is 0 Å². The van der Waals surface area contributed by atoms with Crippen LogP contribution in [-0.2, 0) is 22.3 Å². The molecule has 136 valence electrons. The van der Waals surface area contributed by atoms with Crippen molar-refractivity contribution in [3.8, 4) is 5.75 Å². The molecule has 0 aliphatic heterocycles. The van der Waals surface area contributed by atoms with Crippen LogP contribution in [0.2, 0.25) is 0 Å². The first-order valence-corrected chi connectivity index (χ1v) is 7.51. The highest BCUT2D eigenvalue weighted by molar-refractivity contribution is 5.67. The molecule has 1 N–H and O–H groups in total. The summed E-state index contributed by atoms with van der Waals surface area (Å²) in [6, 6.07) is 8.55. The molecule has 1 aromatic carbocycles. The maximum Gasteiger partial charge on any atom is 0.449 e. The summed E-state index contributed by atoms with van der Waals surface area (Å²) in [5.74, 6) is -1.58. The zero-order valence-corrected chi connectivity index (χ0v) is 13.4. The number of furan rings is 1. The molecule has 2 aromatic rings. The minimum Gasteiger partial charge on any atom is -0.486 e. The van der Waals surface area contributed by atoms with Crippen LogP contribution in [0.1, 0.15) is 36.5 Å². The van der Waals surface area contributed by atoms with Gasteiger partial charge >= 0.3 is 12.1 Å². The Morgan fingerprint density at radius 3 is 2.40 bits per heavy atom. The van der Waals surface area contributed by atoms with Gasteiger partial charge in [0.15, 0.2) is 0 Å². The summed E-state index contributed by atoms with van der Waals surface area (Å²) in [5, 5.41) is 8.90. The van der Waals surface area contributed by atoms with Crippen LogP contribution in [-0.4, -0.2) is 17.7 Å². The molecule has 2 rings (SSSR count). The fourth-order valence-electron chi connectivity index (χ4n) is 2.17. The third kappa shape index (κ3) is 5.53. The molecule has 1 aromatic heterocycles. The zero-order chi connectivity index (χ0) is 18.4. The Balaban J connectivity index is 1.97. The van der Waals surface area contributed by atoms with Crippen LogP contribution >= 0.6 is 0 Å². The molecule has 1 heterocycles. The maximum atomic E-state index is 12.4. The lowest BCUT2D eigenvalue weighted by Crippen LogP contribution is -2.10. The zero-order valence-electron chi connectivity index (χ0n) is 13.4. The average molecular weight is 358 g/mol. The molecule has 0 aliphatic carbocycles. The molecule has 0 spiro atoms. The van der Waals surface area contributed by atoms with E-state index in [0.717, 1.165) is 6.07 Å². The lowest BCUT2D eigenvalue weighted by molar-refractivity contribution is -0.153. The van der Waals surface area contributed by atoms with Gasteiger partial charge < -0.3 is 19.0 Å². The molecule has 1 unspecified atom stereocenters. The molecule has 0 aliphatic rings. The van der Waals surface area contributed by atoms with Crippen LogP contribution < -0.4 is 4.74 Å². The Hall–Kier alpha value is -2.48. The van der Waals surface area contributed by atoms with E-state index in [9.17, 15) is 18.0 Å². The molecule has 0 amide bonds. The number of benzene rings is 1. The van der Waals surface area contributed by atoms with Gasteiger partial charge in [-0.3, -0.25) is 4.79 Å². The fraction of sp³-hybridized carbons (Fsp3) is 0.353. The lowest BCUT2D eigenvalue weighted by atomic mass is 10.1. The largest absolute Gasteiger partial charge is 0.486 e. The van der Waals surface area contributed by atoms with Crippen molar-refractivity contribution in [2.75, 3.05) is 6.61 Å². The Morgan fingerprint density at radius 2 is 1.88 bits per heavy atom. The number of carbonyl (C=O) groups is 1. The van der Waals surface area contributed by atoms with Crippen LogP contribution in [0.15, 0.2) is 40.8 Å². The number of rotatable bonds is 8. The Bertz CT molecular complexity index is 691. The lowest BCUT2D eigenvalue weighted by Gasteiger charge is -2.15. The summed E-state index contributed by atoms with van der Waals surface area (Å²) in [6.45, 7) is 1.99. The maximum absolute atomic E-state index is 12.4. The van der Waals surface area contributed by atoms with Crippen molar-refractivity contribution in [2.24, 2.45) is 0 Å². The summed E-state index contributed by atoms with van der Waals surface area (Å²) in [4.78, 5) is 10.9. The molecule has 25 heavy (non-hydrogen) atoms. The number of ether oxygens (including phenoxy) is 2. The van der Waals surface area contributed by atoms with E-state index in [1.807, 2.05) is 0 Å². The average Bonchev–Trinajstić information content (AvgIpc) is 3.02. The van der Waals surface area contributed by atoms with Crippen LogP contribution in [0.25, 0.3) is 0 Å². The first kappa shape index (κ1) is 18.9. The normalized spacial score (nSPS) is 12.8. The molecular weight excluding hydrogens is 341 g/mol. The van der Waals surface area contributed by atoms with Gasteiger partial charge in [0.25, 0.3) is 0 Å². The number of hydrogen-bond donors (Lipinski definition) is 1. The van der Waals surface area contributed by atoms with Gasteiger partial charge in [-0.2, -0.15) is 13.2 Å². The SMILES string of the molecule is CCOC(CC(=O)O)c1ccc(OCc2ccc(C(F)(F)F)o2)cc1. The van der Waals surface area contributed by atoms with Crippen molar-refractivity contribution in [3.05, 3.63) is 53.5 Å². The summed E-state index contributed by atoms with van der Waals surface area (Å²) in [7, 11) is 0. The molecule has 0 bridgehead atoms. The molecule has 5 nitrogen and oxygen atoms in total. The summed E-state index contributed by atoms with van der Waals surface area (Å²) in [5.41, 5.74) is 0.675. The van der Waals surface area contributed by atoms with E-state index in [-0.39, 0.29) is 18.8 Å². The minimum absolute atomic E-state index is 0.0504. The third-order valence-electron chi connectivity index (χ3n) is 3.30. The molecule has 0 radical (unpaired) electrons. The van der Waals surface area contributed by atoms with Gasteiger partial charge in [0.1, 0.15) is 18.1 Å². The van der Waals surface area contributed by atoms with Gasteiger partial charge in [0, 0.05) is 6.61 Å². The highest BCUT2D eigenvalue weighted by Gasteiger charge is 2.34. The standard InChI is InChI=1S/C17H17F3O5/c1-2-23-14(9-16(21)22)11-3-5-12(6-4-11)24-10-13-7-8-15(25-13)17(18,19)20/h3-8,14H,2,9-10H2,1H3,(H,21,22). The van der Waals surface area contributed by atoms with Crippen molar-refractivity contribution < 1.29 is 37.0 Å². The minimum atomic E-state index is -4.53. The van der Waals surface area contributed by atoms with Gasteiger partial charge in [-0.1, -0.05) is 12.1 Å². The number of carboxylic acids is 1. The van der Waals surface area contributed by atoms with Crippen molar-refractivity contribution in [2.45, 2.75) is 32.2 Å². The number of halogens is 3. The highest BCUT2D eigenvalue weighted by Crippen LogP contribution is 2.31. The molecule has 8 heteroatoms. The third-order valence-corrected chi connectivity index (χ3v) is 3.30. The number of aliphatic carboxylic acids is 1. The predicted molar refractivity (Wildman–Crippen MR) is 81.1 cm³/mol. The van der Waals surface area contributed by atoms with E-state index in [4.69, 9.17) is 14.6 Å². The Morgan fingerprint density at radius 1 is 1.20 bits per heavy atom. The predicted octanol–water partition coefficient (Wildman–Crippen LogP) is 4.43. The van der Waals surface area contributed by atoms with E-state index in [2.05, 4.69) is 4.42 Å². The van der Waals surface area contributed by atoms with Crippen molar-refractivity contribution in [1.82, 2.24) is 0 Å². The topological polar surface area (TPSA) is 68.9 Å². The van der Waals surface area contributed by atoms with E-state index < -0.39 is 24.0 Å². The quantitative estimate of drug-likeness (QED) is 0.756.